The van der Waals surface area contributed by atoms with E-state index in [1.54, 1.807) is 0 Å². The summed E-state index contributed by atoms with van der Waals surface area (Å²) in [5.74, 6) is 0. The molecule has 0 spiro atoms. The van der Waals surface area contributed by atoms with Gasteiger partial charge in [0.1, 0.15) is 12.6 Å². The van der Waals surface area contributed by atoms with E-state index in [-0.39, 0.29) is 0 Å². The fourth-order valence-electron chi connectivity index (χ4n) is 3.43. The SMILES string of the molecule is CC[N+](C)(CC)CC(O)COC[Si](C)(O[Si](C)(C)C)O[Si](C)(C)O[Si](C)(C)C. The number of hydrogen-bond acceptors (Lipinski definition) is 5. The Morgan fingerprint density at radius 1 is 0.786 bits per heavy atom. The van der Waals surface area contributed by atoms with Gasteiger partial charge in [-0.2, -0.15) is 0 Å². The first-order valence-electron chi connectivity index (χ1n) is 10.5. The summed E-state index contributed by atoms with van der Waals surface area (Å²) in [7, 11) is -6.25. The molecule has 1 N–H and O–H groups in total. The van der Waals surface area contributed by atoms with Crippen molar-refractivity contribution in [1.29, 1.82) is 0 Å². The van der Waals surface area contributed by atoms with Crippen LogP contribution in [0.5, 0.6) is 0 Å². The van der Waals surface area contributed by atoms with Crippen LogP contribution >= 0.6 is 0 Å². The van der Waals surface area contributed by atoms with Crippen molar-refractivity contribution in [3.63, 3.8) is 0 Å². The van der Waals surface area contributed by atoms with Gasteiger partial charge in [0.2, 0.25) is 0 Å². The zero-order valence-electron chi connectivity index (χ0n) is 20.6. The predicted molar refractivity (Wildman–Crippen MR) is 128 cm³/mol. The number of hydrogen-bond donors (Lipinski definition) is 1. The van der Waals surface area contributed by atoms with E-state index in [2.05, 4.69) is 79.8 Å². The monoisotopic (exact) mass is 470 g/mol. The zero-order valence-corrected chi connectivity index (χ0v) is 24.6. The molecular weight excluding hydrogens is 423 g/mol. The van der Waals surface area contributed by atoms with Gasteiger partial charge in [0.25, 0.3) is 0 Å². The van der Waals surface area contributed by atoms with Crippen molar-refractivity contribution in [2.45, 2.75) is 78.9 Å². The van der Waals surface area contributed by atoms with Crippen LogP contribution in [-0.4, -0.2) is 89.0 Å². The quantitative estimate of drug-likeness (QED) is 0.308. The van der Waals surface area contributed by atoms with E-state index in [9.17, 15) is 5.11 Å². The number of ether oxygens (including phenoxy) is 1. The van der Waals surface area contributed by atoms with Crippen molar-refractivity contribution in [3.05, 3.63) is 0 Å². The van der Waals surface area contributed by atoms with Crippen molar-refractivity contribution < 1.29 is 26.7 Å². The van der Waals surface area contributed by atoms with Crippen LogP contribution < -0.4 is 0 Å². The average Bonchev–Trinajstić information content (AvgIpc) is 2.41. The lowest BCUT2D eigenvalue weighted by Gasteiger charge is -2.41. The number of quaternary nitrogens is 1. The van der Waals surface area contributed by atoms with Crippen LogP contribution in [0.1, 0.15) is 13.8 Å². The fourth-order valence-corrected chi connectivity index (χ4v) is 20.7. The highest BCUT2D eigenvalue weighted by Crippen LogP contribution is 2.24. The van der Waals surface area contributed by atoms with Gasteiger partial charge in [0.05, 0.1) is 33.0 Å². The van der Waals surface area contributed by atoms with Gasteiger partial charge in [-0.1, -0.05) is 0 Å². The van der Waals surface area contributed by atoms with Crippen LogP contribution in [0, 0.1) is 0 Å². The van der Waals surface area contributed by atoms with Crippen molar-refractivity contribution in [3.8, 4) is 0 Å². The van der Waals surface area contributed by atoms with Gasteiger partial charge in [-0.3, -0.25) is 0 Å². The molecule has 0 saturated heterocycles. The summed E-state index contributed by atoms with van der Waals surface area (Å²) in [5.41, 5.74) is 0. The summed E-state index contributed by atoms with van der Waals surface area (Å²) in [6.07, 6.45) is -0.0690. The Kier molecular flexibility index (Phi) is 11.0. The number of rotatable bonds is 14. The zero-order chi connectivity index (χ0) is 22.4. The molecule has 0 aromatic rings. The molecule has 2 unspecified atom stereocenters. The summed E-state index contributed by atoms with van der Waals surface area (Å²) in [5, 5.41) is 10.5. The van der Waals surface area contributed by atoms with Crippen LogP contribution in [0.15, 0.2) is 0 Å². The van der Waals surface area contributed by atoms with Gasteiger partial charge in [-0.05, 0) is 72.8 Å². The van der Waals surface area contributed by atoms with Crippen LogP contribution in [-0.2, 0) is 17.1 Å². The molecule has 0 aromatic carbocycles. The van der Waals surface area contributed by atoms with E-state index in [0.29, 0.717) is 19.4 Å². The first-order valence-corrected chi connectivity index (χ1v) is 22.7. The molecule has 2 atom stereocenters. The molecule has 0 saturated carbocycles. The lowest BCUT2D eigenvalue weighted by molar-refractivity contribution is -0.909. The average molecular weight is 471 g/mol. The highest BCUT2D eigenvalue weighted by atomic mass is 28.5. The number of aliphatic hydroxyl groups excluding tert-OH is 1. The predicted octanol–water partition coefficient (Wildman–Crippen LogP) is 3.88. The minimum absolute atomic E-state index is 0.311. The molecule has 0 fully saturated rings. The number of nitrogens with zero attached hydrogens (tertiary/aromatic N) is 1. The molecule has 28 heavy (non-hydrogen) atoms. The van der Waals surface area contributed by atoms with Gasteiger partial charge in [-0.15, -0.1) is 0 Å². The first kappa shape index (κ1) is 28.6. The normalized spacial score (nSPS) is 17.5. The molecule has 0 heterocycles. The topological polar surface area (TPSA) is 57.2 Å². The smallest absolute Gasteiger partial charge is 0.342 e. The van der Waals surface area contributed by atoms with Gasteiger partial charge in [-0.25, -0.2) is 0 Å². The number of likely N-dealkylation sites (N-methyl/N-ethyl adjacent to an activating group) is 1. The Labute approximate surface area is 178 Å². The Morgan fingerprint density at radius 2 is 1.25 bits per heavy atom. The second-order valence-electron chi connectivity index (χ2n) is 10.7. The molecule has 0 bridgehead atoms. The molecular formula is C18H48NO5Si4+. The summed E-state index contributed by atoms with van der Waals surface area (Å²) >= 11 is 0. The maximum atomic E-state index is 10.5. The minimum Gasteiger partial charge on any atom is -0.437 e. The van der Waals surface area contributed by atoms with Crippen molar-refractivity contribution in [2.75, 3.05) is 39.5 Å². The van der Waals surface area contributed by atoms with Crippen LogP contribution in [0.3, 0.4) is 0 Å². The summed E-state index contributed by atoms with van der Waals surface area (Å²) in [4.78, 5) is 0. The van der Waals surface area contributed by atoms with Crippen molar-refractivity contribution in [2.24, 2.45) is 0 Å². The molecule has 0 aliphatic carbocycles. The van der Waals surface area contributed by atoms with Crippen molar-refractivity contribution in [1.82, 2.24) is 0 Å². The highest BCUT2D eigenvalue weighted by molar-refractivity contribution is 6.89. The minimum atomic E-state index is -2.58. The molecule has 0 amide bonds. The van der Waals surface area contributed by atoms with E-state index in [4.69, 9.17) is 17.1 Å². The third-order valence-corrected chi connectivity index (χ3v) is 17.4. The summed E-state index contributed by atoms with van der Waals surface area (Å²) < 4.78 is 26.3. The molecule has 0 rings (SSSR count). The van der Waals surface area contributed by atoms with Gasteiger partial charge in [0, 0.05) is 0 Å². The second kappa shape index (κ2) is 10.8. The third-order valence-electron chi connectivity index (χ3n) is 4.39. The van der Waals surface area contributed by atoms with Crippen LogP contribution in [0.2, 0.25) is 58.9 Å². The Hall–Kier alpha value is 0.628. The Morgan fingerprint density at radius 3 is 1.64 bits per heavy atom. The second-order valence-corrected chi connectivity index (χ2v) is 26.9. The molecule has 6 nitrogen and oxygen atoms in total. The molecule has 0 aliphatic heterocycles. The fraction of sp³-hybridized carbons (Fsp3) is 1.00. The maximum absolute atomic E-state index is 10.5. The molecule has 0 radical (unpaired) electrons. The summed E-state index contributed by atoms with van der Waals surface area (Å²) in [6, 6.07) is 0. The van der Waals surface area contributed by atoms with Crippen LogP contribution in [0.25, 0.3) is 0 Å². The lowest BCUT2D eigenvalue weighted by atomic mass is 10.3. The molecule has 10 heteroatoms. The van der Waals surface area contributed by atoms with E-state index in [1.807, 2.05) is 0 Å². The highest BCUT2D eigenvalue weighted by Gasteiger charge is 2.45. The van der Waals surface area contributed by atoms with Gasteiger partial charge in [0.15, 0.2) is 16.6 Å². The van der Waals surface area contributed by atoms with E-state index in [0.717, 1.165) is 17.6 Å². The summed E-state index contributed by atoms with van der Waals surface area (Å²) in [6.45, 7) is 26.7. The largest absolute Gasteiger partial charge is 0.437 e. The first-order chi connectivity index (χ1) is 12.3. The van der Waals surface area contributed by atoms with Gasteiger partial charge < -0.3 is 26.7 Å². The maximum Gasteiger partial charge on any atom is 0.342 e. The van der Waals surface area contributed by atoms with Crippen LogP contribution in [0.4, 0.5) is 0 Å². The molecule has 170 valence electrons. The van der Waals surface area contributed by atoms with E-state index in [1.165, 1.54) is 0 Å². The van der Waals surface area contributed by atoms with E-state index < -0.39 is 39.9 Å². The van der Waals surface area contributed by atoms with Crippen molar-refractivity contribution >= 4 is 33.8 Å². The number of aliphatic hydroxyl groups is 1. The van der Waals surface area contributed by atoms with E-state index >= 15 is 0 Å². The molecule has 0 aromatic heterocycles. The molecule has 0 aliphatic rings. The van der Waals surface area contributed by atoms with Gasteiger partial charge >= 0.3 is 17.1 Å². The third kappa shape index (κ3) is 13.0. The Bertz CT molecular complexity index is 464. The lowest BCUT2D eigenvalue weighted by Crippen LogP contribution is -2.59. The standard InChI is InChI=1S/C18H48NO5Si4/c1-13-19(3,14-2)15-18(20)16-21-17-28(12,23-26(7,8)9)24-27(10,11)22-25(4,5)6/h18,20H,13-17H2,1-12H3/q+1. The Balaban J connectivity index is 5.02.